The Morgan fingerprint density at radius 3 is 2.48 bits per heavy atom. The normalized spacial score (nSPS) is 18.4. The van der Waals surface area contributed by atoms with E-state index in [1.54, 1.807) is 11.3 Å². The number of carbonyl (C=O) groups is 2. The second-order valence-corrected chi connectivity index (χ2v) is 8.20. The van der Waals surface area contributed by atoms with E-state index in [0.717, 1.165) is 9.35 Å². The van der Waals surface area contributed by atoms with Gasteiger partial charge < -0.3 is 10.1 Å². The molecule has 0 spiro atoms. The first kappa shape index (κ1) is 16.5. The van der Waals surface area contributed by atoms with Crippen LogP contribution in [0.2, 0.25) is 0 Å². The van der Waals surface area contributed by atoms with Crippen molar-refractivity contribution in [2.45, 2.75) is 57.6 Å². The van der Waals surface area contributed by atoms with Crippen LogP contribution >= 0.6 is 27.3 Å². The van der Waals surface area contributed by atoms with Gasteiger partial charge in [-0.2, -0.15) is 0 Å². The number of hydrogen-bond donors (Lipinski definition) is 1. The van der Waals surface area contributed by atoms with Gasteiger partial charge in [-0.05, 0) is 55.6 Å². The molecule has 1 aromatic heterocycles. The van der Waals surface area contributed by atoms with Gasteiger partial charge in [0.05, 0.1) is 5.54 Å². The van der Waals surface area contributed by atoms with Crippen molar-refractivity contribution in [1.82, 2.24) is 5.32 Å². The first-order valence-corrected chi connectivity index (χ1v) is 8.65. The number of Topliss-reactive ketones (excluding diaryl/α,β-unsaturated/α-hetero) is 1. The molecule has 0 bridgehead atoms. The summed E-state index contributed by atoms with van der Waals surface area (Å²) in [5, 5.41) is 5.01. The Hall–Kier alpha value is -0.880. The van der Waals surface area contributed by atoms with Crippen molar-refractivity contribution >= 4 is 39.1 Å². The highest BCUT2D eigenvalue weighted by Crippen LogP contribution is 2.40. The van der Waals surface area contributed by atoms with Gasteiger partial charge in [0.25, 0.3) is 0 Å². The van der Waals surface area contributed by atoms with E-state index < -0.39 is 17.2 Å². The third-order valence-corrected chi connectivity index (χ3v) is 5.34. The van der Waals surface area contributed by atoms with Crippen molar-refractivity contribution in [1.29, 1.82) is 0 Å². The molecular formula is C15H20BrNO3S. The molecule has 4 nitrogen and oxygen atoms in total. The van der Waals surface area contributed by atoms with Crippen LogP contribution in [0.4, 0.5) is 4.79 Å². The van der Waals surface area contributed by atoms with Crippen LogP contribution < -0.4 is 5.32 Å². The van der Waals surface area contributed by atoms with E-state index in [-0.39, 0.29) is 5.78 Å². The molecule has 1 amide bonds. The lowest BCUT2D eigenvalue weighted by Gasteiger charge is -2.37. The summed E-state index contributed by atoms with van der Waals surface area (Å²) in [6, 6.07) is 2.01. The van der Waals surface area contributed by atoms with Gasteiger partial charge in [0.15, 0.2) is 0 Å². The summed E-state index contributed by atoms with van der Waals surface area (Å²) >= 11 is 5.04. The maximum absolute atomic E-state index is 12.2. The van der Waals surface area contributed by atoms with E-state index in [4.69, 9.17) is 4.74 Å². The smallest absolute Gasteiger partial charge is 0.408 e. The molecule has 2 rings (SSSR count). The minimum absolute atomic E-state index is 0.257. The number of nitrogens with one attached hydrogen (secondary N) is 1. The van der Waals surface area contributed by atoms with Crippen molar-refractivity contribution in [3.05, 3.63) is 20.8 Å². The van der Waals surface area contributed by atoms with Crippen LogP contribution in [0.1, 0.15) is 51.3 Å². The highest BCUT2D eigenvalue weighted by molar-refractivity contribution is 9.10. The van der Waals surface area contributed by atoms with Crippen molar-refractivity contribution in [3.8, 4) is 0 Å². The van der Waals surface area contributed by atoms with Crippen LogP contribution in [0.15, 0.2) is 15.9 Å². The molecule has 21 heavy (non-hydrogen) atoms. The van der Waals surface area contributed by atoms with E-state index in [1.807, 2.05) is 32.2 Å². The first-order chi connectivity index (χ1) is 9.70. The zero-order chi connectivity index (χ0) is 15.7. The van der Waals surface area contributed by atoms with E-state index in [1.165, 1.54) is 0 Å². The molecule has 1 heterocycles. The Morgan fingerprint density at radius 2 is 2.00 bits per heavy atom. The zero-order valence-corrected chi connectivity index (χ0v) is 14.9. The van der Waals surface area contributed by atoms with Crippen LogP contribution in [0.25, 0.3) is 0 Å². The molecule has 1 N–H and O–H groups in total. The first-order valence-electron chi connectivity index (χ1n) is 6.98. The summed E-state index contributed by atoms with van der Waals surface area (Å²) < 4.78 is 6.37. The Kier molecular flexibility index (Phi) is 4.78. The van der Waals surface area contributed by atoms with Crippen LogP contribution in [-0.4, -0.2) is 17.5 Å². The molecule has 6 heteroatoms. The maximum Gasteiger partial charge on any atom is 0.408 e. The van der Waals surface area contributed by atoms with E-state index in [2.05, 4.69) is 21.2 Å². The number of halogens is 1. The predicted molar refractivity (Wildman–Crippen MR) is 86.5 cm³/mol. The molecule has 0 aliphatic heterocycles. The predicted octanol–water partition coefficient (Wildman–Crippen LogP) is 4.37. The topological polar surface area (TPSA) is 55.4 Å². The molecule has 0 radical (unpaired) electrons. The van der Waals surface area contributed by atoms with E-state index in [9.17, 15) is 9.59 Å². The molecule has 0 saturated heterocycles. The van der Waals surface area contributed by atoms with Gasteiger partial charge in [0.2, 0.25) is 0 Å². The lowest BCUT2D eigenvalue weighted by Crippen LogP contribution is -2.49. The molecule has 1 aliphatic carbocycles. The molecule has 1 aliphatic rings. The number of hydrogen-bond acceptors (Lipinski definition) is 4. The summed E-state index contributed by atoms with van der Waals surface area (Å²) in [4.78, 5) is 24.8. The van der Waals surface area contributed by atoms with Crippen LogP contribution in [0.3, 0.4) is 0 Å². The number of ketones is 1. The van der Waals surface area contributed by atoms with Gasteiger partial charge in [0.1, 0.15) is 11.4 Å². The quantitative estimate of drug-likeness (QED) is 0.836. The molecular weight excluding hydrogens is 354 g/mol. The van der Waals surface area contributed by atoms with Gasteiger partial charge in [0, 0.05) is 27.6 Å². The number of ether oxygens (including phenoxy) is 1. The Labute approximate surface area is 137 Å². The molecule has 0 aromatic carbocycles. The fraction of sp³-hybridized carbons (Fsp3) is 0.600. The van der Waals surface area contributed by atoms with Crippen LogP contribution in [0.5, 0.6) is 0 Å². The standard InChI is InChI=1S/C15H20BrNO3S/c1-14(2,3)20-13(19)17-15(6-4-11(18)5-7-15)12-8-10(16)9-21-12/h8-9H,4-7H2,1-3H3,(H,17,19). The number of amides is 1. The SMILES string of the molecule is CC(C)(C)OC(=O)NC1(c2cc(Br)cs2)CCC(=O)CC1. The Morgan fingerprint density at radius 1 is 1.38 bits per heavy atom. The van der Waals surface area contributed by atoms with Gasteiger partial charge >= 0.3 is 6.09 Å². The summed E-state index contributed by atoms with van der Waals surface area (Å²) in [5.74, 6) is 0.257. The minimum Gasteiger partial charge on any atom is -0.444 e. The molecule has 0 unspecified atom stereocenters. The molecule has 116 valence electrons. The summed E-state index contributed by atoms with van der Waals surface area (Å²) in [6.45, 7) is 5.52. The summed E-state index contributed by atoms with van der Waals surface area (Å²) in [5.41, 5.74) is -1.03. The lowest BCUT2D eigenvalue weighted by atomic mass is 9.80. The van der Waals surface area contributed by atoms with Crippen molar-refractivity contribution in [2.24, 2.45) is 0 Å². The van der Waals surface area contributed by atoms with Gasteiger partial charge in [-0.25, -0.2) is 4.79 Å². The fourth-order valence-electron chi connectivity index (χ4n) is 2.45. The van der Waals surface area contributed by atoms with Crippen LogP contribution in [-0.2, 0) is 15.1 Å². The molecule has 0 atom stereocenters. The lowest BCUT2D eigenvalue weighted by molar-refractivity contribution is -0.121. The number of carbonyl (C=O) groups excluding carboxylic acids is 2. The monoisotopic (exact) mass is 373 g/mol. The van der Waals surface area contributed by atoms with Crippen molar-refractivity contribution in [2.75, 3.05) is 0 Å². The van der Waals surface area contributed by atoms with Crippen LogP contribution in [0, 0.1) is 0 Å². The van der Waals surface area contributed by atoms with Gasteiger partial charge in [-0.3, -0.25) is 4.79 Å². The zero-order valence-electron chi connectivity index (χ0n) is 12.5. The maximum atomic E-state index is 12.2. The highest BCUT2D eigenvalue weighted by atomic mass is 79.9. The Balaban J connectivity index is 2.21. The average molecular weight is 374 g/mol. The molecule has 1 saturated carbocycles. The van der Waals surface area contributed by atoms with Gasteiger partial charge in [-0.15, -0.1) is 11.3 Å². The molecule has 1 aromatic rings. The number of alkyl carbamates (subject to hydrolysis) is 1. The average Bonchev–Trinajstić information content (AvgIpc) is 2.77. The minimum atomic E-state index is -0.536. The van der Waals surface area contributed by atoms with E-state index in [0.29, 0.717) is 25.7 Å². The third-order valence-electron chi connectivity index (χ3n) is 3.44. The summed E-state index contributed by atoms with van der Waals surface area (Å²) in [6.07, 6.45) is 1.80. The number of rotatable bonds is 2. The number of thiophene rings is 1. The van der Waals surface area contributed by atoms with E-state index >= 15 is 0 Å². The largest absolute Gasteiger partial charge is 0.444 e. The second kappa shape index (κ2) is 6.08. The highest BCUT2D eigenvalue weighted by Gasteiger charge is 2.40. The molecule has 1 fully saturated rings. The second-order valence-electron chi connectivity index (χ2n) is 6.38. The van der Waals surface area contributed by atoms with Crippen molar-refractivity contribution in [3.63, 3.8) is 0 Å². The van der Waals surface area contributed by atoms with Crippen molar-refractivity contribution < 1.29 is 14.3 Å². The Bertz CT molecular complexity index is 537. The third kappa shape index (κ3) is 4.30. The summed E-state index contributed by atoms with van der Waals surface area (Å²) in [7, 11) is 0. The fourth-order valence-corrected chi connectivity index (χ4v) is 4.10. The van der Waals surface area contributed by atoms with Gasteiger partial charge in [-0.1, -0.05) is 0 Å².